The van der Waals surface area contributed by atoms with Crippen molar-refractivity contribution in [1.82, 2.24) is 20.5 Å². The highest BCUT2D eigenvalue weighted by Crippen LogP contribution is 2.32. The van der Waals surface area contributed by atoms with Crippen molar-refractivity contribution >= 4 is 40.5 Å². The lowest BCUT2D eigenvalue weighted by Crippen LogP contribution is -2.49. The summed E-state index contributed by atoms with van der Waals surface area (Å²) < 4.78 is 18.8. The van der Waals surface area contributed by atoms with Crippen LogP contribution in [0, 0.1) is 11.7 Å². The summed E-state index contributed by atoms with van der Waals surface area (Å²) in [6.07, 6.45) is 6.44. The number of Topliss-reactive ketones (excluding diaryl/α,β-unsaturated/α-hetero) is 1. The van der Waals surface area contributed by atoms with Crippen molar-refractivity contribution < 1.29 is 28.3 Å². The molecule has 1 aliphatic heterocycles. The largest absolute Gasteiger partial charge is 0.497 e. The zero-order valence-electron chi connectivity index (χ0n) is 22.9. The topological polar surface area (TPSA) is 118 Å². The predicted octanol–water partition coefficient (Wildman–Crippen LogP) is 3.58. The number of hydrogen-bond donors (Lipinski definition) is 2. The lowest BCUT2D eigenvalue weighted by molar-refractivity contribution is -0.138. The van der Waals surface area contributed by atoms with Gasteiger partial charge >= 0.3 is 0 Å². The SMILES string of the molecule is COc1ccc([C@H](C)NC(=O)[C@@H]2CC(=O)CN2C(=O)CNC(=O)c2ccc3cc(F)ccc3n2)c(/C=C/C2CC2)c1. The second-order valence-corrected chi connectivity index (χ2v) is 10.4. The molecule has 10 heteroatoms. The fourth-order valence-electron chi connectivity index (χ4n) is 4.89. The van der Waals surface area contributed by atoms with E-state index in [2.05, 4.69) is 21.7 Å². The minimum atomic E-state index is -0.980. The molecule has 3 amide bonds. The summed E-state index contributed by atoms with van der Waals surface area (Å²) in [6.45, 7) is 1.23. The lowest BCUT2D eigenvalue weighted by atomic mass is 9.99. The number of allylic oxidation sites excluding steroid dienone is 1. The van der Waals surface area contributed by atoms with Crippen molar-refractivity contribution in [2.75, 3.05) is 20.2 Å². The summed E-state index contributed by atoms with van der Waals surface area (Å²) in [4.78, 5) is 56.7. The number of nitrogens with zero attached hydrogens (tertiary/aromatic N) is 2. The second-order valence-electron chi connectivity index (χ2n) is 10.4. The number of aromatic nitrogens is 1. The third-order valence-electron chi connectivity index (χ3n) is 7.34. The van der Waals surface area contributed by atoms with Gasteiger partial charge in [0.15, 0.2) is 5.78 Å². The molecule has 1 saturated heterocycles. The van der Waals surface area contributed by atoms with Crippen molar-refractivity contribution in [3.05, 3.63) is 77.2 Å². The van der Waals surface area contributed by atoms with Crippen LogP contribution in [0.25, 0.3) is 17.0 Å². The molecule has 2 fully saturated rings. The average molecular weight is 559 g/mol. The standard InChI is InChI=1S/C31H31FN4O5/c1-18(25-10-9-24(41-2)14-20(25)6-5-19-3-4-19)34-31(40)28-15-23(37)17-36(28)29(38)16-33-30(39)27-11-7-21-13-22(32)8-12-26(21)35-27/h5-14,18-19,28H,3-4,15-17H2,1-2H3,(H,33,39)(H,34,40)/b6-5+/t18-,28-/m0/s1. The Morgan fingerprint density at radius 3 is 2.71 bits per heavy atom. The number of hydrogen-bond acceptors (Lipinski definition) is 6. The monoisotopic (exact) mass is 558 g/mol. The normalized spacial score (nSPS) is 17.6. The smallest absolute Gasteiger partial charge is 0.270 e. The molecule has 2 aromatic carbocycles. The molecule has 9 nitrogen and oxygen atoms in total. The summed E-state index contributed by atoms with van der Waals surface area (Å²) in [7, 11) is 1.60. The van der Waals surface area contributed by atoms with Gasteiger partial charge in [-0.15, -0.1) is 0 Å². The van der Waals surface area contributed by atoms with E-state index in [0.717, 1.165) is 11.1 Å². The number of amides is 3. The van der Waals surface area contributed by atoms with E-state index in [1.807, 2.05) is 31.2 Å². The minimum absolute atomic E-state index is 0.0588. The Kier molecular flexibility index (Phi) is 8.09. The Hall–Kier alpha value is -4.60. The zero-order valence-corrected chi connectivity index (χ0v) is 22.9. The molecule has 3 aromatic rings. The summed E-state index contributed by atoms with van der Waals surface area (Å²) in [6, 6.07) is 11.3. The summed E-state index contributed by atoms with van der Waals surface area (Å²) >= 11 is 0. The molecule has 1 aliphatic carbocycles. The van der Waals surface area contributed by atoms with Gasteiger partial charge in [0.05, 0.1) is 31.8 Å². The zero-order chi connectivity index (χ0) is 29.1. The van der Waals surface area contributed by atoms with Crippen LogP contribution in [0.3, 0.4) is 0 Å². The van der Waals surface area contributed by atoms with Gasteiger partial charge < -0.3 is 20.3 Å². The molecule has 1 saturated carbocycles. The van der Waals surface area contributed by atoms with Gasteiger partial charge in [-0.3, -0.25) is 19.2 Å². The Morgan fingerprint density at radius 1 is 1.15 bits per heavy atom. The van der Waals surface area contributed by atoms with Crippen LogP contribution in [0.15, 0.2) is 54.6 Å². The number of nitrogens with one attached hydrogen (secondary N) is 2. The predicted molar refractivity (Wildman–Crippen MR) is 150 cm³/mol. The summed E-state index contributed by atoms with van der Waals surface area (Å²) in [5.74, 6) is -0.975. The van der Waals surface area contributed by atoms with E-state index in [1.165, 1.54) is 42.0 Å². The van der Waals surface area contributed by atoms with Gasteiger partial charge in [-0.05, 0) is 73.2 Å². The number of pyridine rings is 1. The highest BCUT2D eigenvalue weighted by Gasteiger charge is 2.39. The molecule has 2 atom stereocenters. The van der Waals surface area contributed by atoms with Crippen LogP contribution in [-0.4, -0.2) is 59.6 Å². The van der Waals surface area contributed by atoms with Crippen molar-refractivity contribution in [3.8, 4) is 5.75 Å². The Morgan fingerprint density at radius 2 is 1.95 bits per heavy atom. The minimum Gasteiger partial charge on any atom is -0.497 e. The van der Waals surface area contributed by atoms with Crippen LogP contribution in [0.1, 0.15) is 53.8 Å². The molecule has 0 radical (unpaired) electrons. The fourth-order valence-corrected chi connectivity index (χ4v) is 4.89. The number of benzene rings is 2. The molecule has 0 spiro atoms. The molecule has 5 rings (SSSR count). The molecule has 2 heterocycles. The van der Waals surface area contributed by atoms with Crippen molar-refractivity contribution in [3.63, 3.8) is 0 Å². The van der Waals surface area contributed by atoms with E-state index >= 15 is 0 Å². The molecule has 0 unspecified atom stereocenters. The van der Waals surface area contributed by atoms with Crippen LogP contribution in [0.2, 0.25) is 0 Å². The third kappa shape index (κ3) is 6.59. The van der Waals surface area contributed by atoms with Crippen LogP contribution in [0.5, 0.6) is 5.75 Å². The van der Waals surface area contributed by atoms with E-state index in [-0.39, 0.29) is 24.4 Å². The molecule has 41 heavy (non-hydrogen) atoms. The van der Waals surface area contributed by atoms with E-state index in [4.69, 9.17) is 4.74 Å². The van der Waals surface area contributed by atoms with E-state index in [0.29, 0.717) is 22.6 Å². The molecular weight excluding hydrogens is 527 g/mol. The maximum Gasteiger partial charge on any atom is 0.270 e. The molecule has 2 aliphatic rings. The van der Waals surface area contributed by atoms with Crippen molar-refractivity contribution in [1.29, 1.82) is 0 Å². The number of likely N-dealkylation sites (tertiary alicyclic amines) is 1. The number of halogens is 1. The van der Waals surface area contributed by atoms with Crippen LogP contribution >= 0.6 is 0 Å². The molecule has 212 valence electrons. The second kappa shape index (κ2) is 11.9. The highest BCUT2D eigenvalue weighted by molar-refractivity contribution is 6.01. The van der Waals surface area contributed by atoms with Gasteiger partial charge in [0, 0.05) is 11.8 Å². The third-order valence-corrected chi connectivity index (χ3v) is 7.34. The van der Waals surface area contributed by atoms with Crippen molar-refractivity contribution in [2.45, 2.75) is 38.3 Å². The first-order valence-electron chi connectivity index (χ1n) is 13.5. The van der Waals surface area contributed by atoms with Gasteiger partial charge in [-0.1, -0.05) is 24.3 Å². The first-order chi connectivity index (χ1) is 19.7. The molecule has 2 N–H and O–H groups in total. The Balaban J connectivity index is 1.23. The average Bonchev–Trinajstić information content (AvgIpc) is 3.72. The maximum absolute atomic E-state index is 13.4. The molecule has 1 aromatic heterocycles. The number of fused-ring (bicyclic) bond motifs is 1. The maximum atomic E-state index is 13.4. The number of carbonyl (C=O) groups excluding carboxylic acids is 4. The van der Waals surface area contributed by atoms with Crippen LogP contribution < -0.4 is 15.4 Å². The number of carbonyl (C=O) groups is 4. The van der Waals surface area contributed by atoms with Crippen LogP contribution in [0.4, 0.5) is 4.39 Å². The van der Waals surface area contributed by atoms with E-state index in [9.17, 15) is 23.6 Å². The molecule has 0 bridgehead atoms. The first kappa shape index (κ1) is 27.9. The fraction of sp³-hybridized carbons (Fsp3) is 0.323. The first-order valence-corrected chi connectivity index (χ1v) is 13.5. The highest BCUT2D eigenvalue weighted by atomic mass is 19.1. The number of rotatable bonds is 9. The van der Waals surface area contributed by atoms with Gasteiger partial charge in [-0.25, -0.2) is 9.37 Å². The Labute approximate surface area is 236 Å². The van der Waals surface area contributed by atoms with Gasteiger partial charge in [-0.2, -0.15) is 0 Å². The van der Waals surface area contributed by atoms with E-state index < -0.39 is 42.2 Å². The quantitative estimate of drug-likeness (QED) is 0.415. The summed E-state index contributed by atoms with van der Waals surface area (Å²) in [5.41, 5.74) is 2.30. The number of methoxy groups -OCH3 is 1. The molecular formula is C31H31FN4O5. The van der Waals surface area contributed by atoms with Crippen LogP contribution in [-0.2, 0) is 14.4 Å². The lowest BCUT2D eigenvalue weighted by Gasteiger charge is -2.25. The number of ether oxygens (including phenoxy) is 1. The summed E-state index contributed by atoms with van der Waals surface area (Å²) in [5, 5.41) is 6.00. The van der Waals surface area contributed by atoms with Gasteiger partial charge in [0.25, 0.3) is 5.91 Å². The Bertz CT molecular complexity index is 1550. The number of ketones is 1. The van der Waals surface area contributed by atoms with Gasteiger partial charge in [0.1, 0.15) is 23.3 Å². The van der Waals surface area contributed by atoms with Gasteiger partial charge in [0.2, 0.25) is 11.8 Å². The van der Waals surface area contributed by atoms with Crippen molar-refractivity contribution in [2.24, 2.45) is 5.92 Å². The van der Waals surface area contributed by atoms with E-state index in [1.54, 1.807) is 13.2 Å².